The summed E-state index contributed by atoms with van der Waals surface area (Å²) < 4.78 is 0. The molecule has 0 radical (unpaired) electrons. The standard InChI is InChI=1S/C17H25N3O2/c1-2-9-19-17(22)20-10-7-14(8-11-20)12-13-3-5-15(6-4-13)16(18)21/h3-6,14H,2,7-12H2,1H3,(H2,18,21)(H,19,22). The van der Waals surface area contributed by atoms with E-state index in [1.807, 2.05) is 17.0 Å². The van der Waals surface area contributed by atoms with Gasteiger partial charge in [0.1, 0.15) is 0 Å². The number of rotatable bonds is 5. The van der Waals surface area contributed by atoms with Crippen molar-refractivity contribution >= 4 is 11.9 Å². The van der Waals surface area contributed by atoms with Gasteiger partial charge in [0, 0.05) is 25.2 Å². The summed E-state index contributed by atoms with van der Waals surface area (Å²) in [6.45, 7) is 4.43. The minimum atomic E-state index is -0.391. The van der Waals surface area contributed by atoms with Crippen LogP contribution < -0.4 is 11.1 Å². The highest BCUT2D eigenvalue weighted by molar-refractivity contribution is 5.92. The zero-order valence-corrected chi connectivity index (χ0v) is 13.2. The van der Waals surface area contributed by atoms with Crippen molar-refractivity contribution in [3.05, 3.63) is 35.4 Å². The van der Waals surface area contributed by atoms with Crippen LogP contribution in [0.25, 0.3) is 0 Å². The first-order chi connectivity index (χ1) is 10.6. The molecule has 0 unspecified atom stereocenters. The third kappa shape index (κ3) is 4.48. The number of hydrogen-bond donors (Lipinski definition) is 2. The minimum absolute atomic E-state index is 0.0612. The van der Waals surface area contributed by atoms with E-state index in [2.05, 4.69) is 12.2 Å². The molecule has 0 aromatic heterocycles. The number of hydrogen-bond acceptors (Lipinski definition) is 2. The summed E-state index contributed by atoms with van der Waals surface area (Å²) >= 11 is 0. The lowest BCUT2D eigenvalue weighted by Crippen LogP contribution is -2.44. The molecule has 5 heteroatoms. The molecule has 0 bridgehead atoms. The number of carbonyl (C=O) groups is 2. The van der Waals surface area contributed by atoms with Crippen molar-refractivity contribution < 1.29 is 9.59 Å². The molecule has 120 valence electrons. The van der Waals surface area contributed by atoms with E-state index in [0.29, 0.717) is 11.5 Å². The Morgan fingerprint density at radius 1 is 1.23 bits per heavy atom. The van der Waals surface area contributed by atoms with E-state index in [9.17, 15) is 9.59 Å². The predicted molar refractivity (Wildman–Crippen MR) is 86.7 cm³/mol. The van der Waals surface area contributed by atoms with Crippen molar-refractivity contribution in [1.82, 2.24) is 10.2 Å². The second kappa shape index (κ2) is 7.82. The molecule has 1 aromatic rings. The zero-order chi connectivity index (χ0) is 15.9. The van der Waals surface area contributed by atoms with Crippen molar-refractivity contribution in [3.8, 4) is 0 Å². The van der Waals surface area contributed by atoms with Gasteiger partial charge in [0.25, 0.3) is 0 Å². The first-order valence-corrected chi connectivity index (χ1v) is 8.01. The van der Waals surface area contributed by atoms with Gasteiger partial charge in [0.2, 0.25) is 5.91 Å². The zero-order valence-electron chi connectivity index (χ0n) is 13.2. The van der Waals surface area contributed by atoms with E-state index >= 15 is 0 Å². The van der Waals surface area contributed by atoms with E-state index < -0.39 is 5.91 Å². The number of urea groups is 1. The normalized spacial score (nSPS) is 15.6. The number of nitrogens with two attached hydrogens (primary N) is 1. The van der Waals surface area contributed by atoms with Crippen LogP contribution >= 0.6 is 0 Å². The molecule has 5 nitrogen and oxygen atoms in total. The number of amides is 3. The average molecular weight is 303 g/mol. The number of benzene rings is 1. The molecule has 0 aliphatic carbocycles. The fourth-order valence-corrected chi connectivity index (χ4v) is 2.82. The number of primary amides is 1. The molecule has 1 heterocycles. The third-order valence-electron chi connectivity index (χ3n) is 4.19. The summed E-state index contributed by atoms with van der Waals surface area (Å²) in [5.41, 5.74) is 7.01. The van der Waals surface area contributed by atoms with E-state index in [1.165, 1.54) is 5.56 Å². The number of piperidine rings is 1. The van der Waals surface area contributed by atoms with Crippen LogP contribution in [0, 0.1) is 5.92 Å². The maximum atomic E-state index is 11.9. The van der Waals surface area contributed by atoms with Crippen LogP contribution in [0.15, 0.2) is 24.3 Å². The smallest absolute Gasteiger partial charge is 0.317 e. The predicted octanol–water partition coefficient (Wildman–Crippen LogP) is 2.16. The highest BCUT2D eigenvalue weighted by atomic mass is 16.2. The molecule has 22 heavy (non-hydrogen) atoms. The fraction of sp³-hybridized carbons (Fsp3) is 0.529. The number of likely N-dealkylation sites (tertiary alicyclic amines) is 1. The van der Waals surface area contributed by atoms with Gasteiger partial charge in [0.15, 0.2) is 0 Å². The molecule has 1 fully saturated rings. The van der Waals surface area contributed by atoms with Crippen LogP contribution in [0.3, 0.4) is 0 Å². The van der Waals surface area contributed by atoms with E-state index in [1.54, 1.807) is 12.1 Å². The average Bonchev–Trinajstić information content (AvgIpc) is 2.54. The van der Waals surface area contributed by atoms with Gasteiger partial charge >= 0.3 is 6.03 Å². The first-order valence-electron chi connectivity index (χ1n) is 8.01. The minimum Gasteiger partial charge on any atom is -0.366 e. The molecule has 2 rings (SSSR count). The van der Waals surface area contributed by atoms with Gasteiger partial charge in [-0.15, -0.1) is 0 Å². The lowest BCUT2D eigenvalue weighted by atomic mass is 9.90. The molecular weight excluding hydrogens is 278 g/mol. The highest BCUT2D eigenvalue weighted by Crippen LogP contribution is 2.22. The largest absolute Gasteiger partial charge is 0.366 e. The Morgan fingerprint density at radius 3 is 2.41 bits per heavy atom. The second-order valence-corrected chi connectivity index (χ2v) is 5.93. The molecule has 1 aliphatic rings. The Labute approximate surface area is 131 Å². The summed E-state index contributed by atoms with van der Waals surface area (Å²) in [6.07, 6.45) is 4.00. The third-order valence-corrected chi connectivity index (χ3v) is 4.19. The fourth-order valence-electron chi connectivity index (χ4n) is 2.82. The van der Waals surface area contributed by atoms with Gasteiger partial charge in [-0.3, -0.25) is 4.79 Å². The van der Waals surface area contributed by atoms with E-state index in [4.69, 9.17) is 5.73 Å². The summed E-state index contributed by atoms with van der Waals surface area (Å²) in [6, 6.07) is 7.57. The van der Waals surface area contributed by atoms with Crippen LogP contribution in [-0.2, 0) is 6.42 Å². The monoisotopic (exact) mass is 303 g/mol. The number of carbonyl (C=O) groups excluding carboxylic acids is 2. The summed E-state index contributed by atoms with van der Waals surface area (Å²) in [7, 11) is 0. The Hall–Kier alpha value is -2.04. The Morgan fingerprint density at radius 2 is 1.86 bits per heavy atom. The van der Waals surface area contributed by atoms with Crippen LogP contribution in [0.1, 0.15) is 42.1 Å². The Bertz CT molecular complexity index is 505. The van der Waals surface area contributed by atoms with Crippen LogP contribution in [0.4, 0.5) is 4.79 Å². The van der Waals surface area contributed by atoms with E-state index in [-0.39, 0.29) is 6.03 Å². The van der Waals surface area contributed by atoms with Crippen molar-refractivity contribution in [2.45, 2.75) is 32.6 Å². The number of nitrogens with zero attached hydrogens (tertiary/aromatic N) is 1. The van der Waals surface area contributed by atoms with Crippen molar-refractivity contribution in [2.24, 2.45) is 11.7 Å². The summed E-state index contributed by atoms with van der Waals surface area (Å²) in [4.78, 5) is 24.9. The molecule has 3 amide bonds. The molecule has 0 atom stereocenters. The molecular formula is C17H25N3O2. The van der Waals surface area contributed by atoms with Gasteiger partial charge in [-0.2, -0.15) is 0 Å². The van der Waals surface area contributed by atoms with Crippen LogP contribution in [0.5, 0.6) is 0 Å². The lowest BCUT2D eigenvalue weighted by Gasteiger charge is -2.32. The van der Waals surface area contributed by atoms with E-state index in [0.717, 1.165) is 45.3 Å². The lowest BCUT2D eigenvalue weighted by molar-refractivity contribution is 0.1000. The van der Waals surface area contributed by atoms with Crippen molar-refractivity contribution in [2.75, 3.05) is 19.6 Å². The van der Waals surface area contributed by atoms with Gasteiger partial charge in [-0.1, -0.05) is 19.1 Å². The molecule has 0 saturated carbocycles. The molecule has 1 aliphatic heterocycles. The Kier molecular flexibility index (Phi) is 5.81. The SMILES string of the molecule is CCCNC(=O)N1CCC(Cc2ccc(C(N)=O)cc2)CC1. The molecule has 1 saturated heterocycles. The maximum Gasteiger partial charge on any atom is 0.317 e. The highest BCUT2D eigenvalue weighted by Gasteiger charge is 2.22. The van der Waals surface area contributed by atoms with Crippen molar-refractivity contribution in [1.29, 1.82) is 0 Å². The maximum absolute atomic E-state index is 11.9. The first kappa shape index (κ1) is 16.3. The van der Waals surface area contributed by atoms with Crippen LogP contribution in [0.2, 0.25) is 0 Å². The Balaban J connectivity index is 1.79. The van der Waals surface area contributed by atoms with Gasteiger partial charge in [-0.25, -0.2) is 4.79 Å². The summed E-state index contributed by atoms with van der Waals surface area (Å²) in [5, 5.41) is 2.93. The van der Waals surface area contributed by atoms with Gasteiger partial charge < -0.3 is 16.0 Å². The molecule has 1 aromatic carbocycles. The van der Waals surface area contributed by atoms with Crippen LogP contribution in [-0.4, -0.2) is 36.5 Å². The molecule has 3 N–H and O–H groups in total. The van der Waals surface area contributed by atoms with Gasteiger partial charge in [0.05, 0.1) is 0 Å². The van der Waals surface area contributed by atoms with Crippen molar-refractivity contribution in [3.63, 3.8) is 0 Å². The summed E-state index contributed by atoms with van der Waals surface area (Å²) in [5.74, 6) is 0.201. The molecule has 0 spiro atoms. The quantitative estimate of drug-likeness (QED) is 0.874. The second-order valence-electron chi connectivity index (χ2n) is 5.93. The van der Waals surface area contributed by atoms with Gasteiger partial charge in [-0.05, 0) is 49.3 Å². The number of nitrogens with one attached hydrogen (secondary N) is 1. The topological polar surface area (TPSA) is 75.4 Å².